The summed E-state index contributed by atoms with van der Waals surface area (Å²) in [5.41, 5.74) is 2.84. The van der Waals surface area contributed by atoms with E-state index in [4.69, 9.17) is 0 Å². The fraction of sp³-hybridized carbons (Fsp3) is 0.412. The van der Waals surface area contributed by atoms with Crippen molar-refractivity contribution in [1.29, 1.82) is 0 Å². The summed E-state index contributed by atoms with van der Waals surface area (Å²) in [5.74, 6) is 0.153. The van der Waals surface area contributed by atoms with Gasteiger partial charge in [-0.25, -0.2) is 0 Å². The van der Waals surface area contributed by atoms with Crippen molar-refractivity contribution in [2.24, 2.45) is 0 Å². The molecule has 2 aromatic rings. The summed E-state index contributed by atoms with van der Waals surface area (Å²) in [6.07, 6.45) is 7.43. The van der Waals surface area contributed by atoms with Gasteiger partial charge in [0.2, 0.25) is 0 Å². The van der Waals surface area contributed by atoms with Crippen LogP contribution in [0.5, 0.6) is 0 Å². The molecule has 1 fully saturated rings. The normalized spacial score (nSPS) is 15.5. The SMILES string of the molecule is Cc1cccc(C(=O)Cc2ccn(C3CCCC3)n2)c1I. The van der Waals surface area contributed by atoms with Gasteiger partial charge < -0.3 is 0 Å². The first-order valence-corrected chi connectivity index (χ1v) is 8.55. The Kier molecular flexibility index (Phi) is 4.42. The van der Waals surface area contributed by atoms with Crippen molar-refractivity contribution in [3.63, 3.8) is 0 Å². The van der Waals surface area contributed by atoms with Gasteiger partial charge in [-0.2, -0.15) is 5.10 Å². The number of Topliss-reactive ketones (excluding diaryl/α,β-unsaturated/α-hetero) is 1. The molecule has 0 aliphatic heterocycles. The number of benzene rings is 1. The fourth-order valence-corrected chi connectivity index (χ4v) is 3.63. The third-order valence-electron chi connectivity index (χ3n) is 4.20. The van der Waals surface area contributed by atoms with E-state index in [2.05, 4.69) is 32.4 Å². The van der Waals surface area contributed by atoms with E-state index in [1.165, 1.54) is 25.7 Å². The van der Waals surface area contributed by atoms with Gasteiger partial charge in [0.25, 0.3) is 0 Å². The van der Waals surface area contributed by atoms with E-state index in [9.17, 15) is 4.79 Å². The zero-order chi connectivity index (χ0) is 14.8. The molecule has 0 N–H and O–H groups in total. The Morgan fingerprint density at radius 3 is 2.86 bits per heavy atom. The number of nitrogens with zero attached hydrogens (tertiary/aromatic N) is 2. The summed E-state index contributed by atoms with van der Waals surface area (Å²) in [4.78, 5) is 12.5. The zero-order valence-electron chi connectivity index (χ0n) is 12.2. The quantitative estimate of drug-likeness (QED) is 0.572. The van der Waals surface area contributed by atoms with Crippen LogP contribution in [0.4, 0.5) is 0 Å². The minimum atomic E-state index is 0.153. The first-order chi connectivity index (χ1) is 10.1. The van der Waals surface area contributed by atoms with E-state index >= 15 is 0 Å². The summed E-state index contributed by atoms with van der Waals surface area (Å²) in [7, 11) is 0. The third kappa shape index (κ3) is 3.20. The van der Waals surface area contributed by atoms with E-state index in [1.807, 2.05) is 37.4 Å². The molecular weight excluding hydrogens is 375 g/mol. The van der Waals surface area contributed by atoms with Gasteiger partial charge in [-0.05, 0) is 54.0 Å². The number of hydrogen-bond acceptors (Lipinski definition) is 2. The minimum Gasteiger partial charge on any atom is -0.294 e. The van der Waals surface area contributed by atoms with E-state index in [0.29, 0.717) is 12.5 Å². The van der Waals surface area contributed by atoms with Gasteiger partial charge in [0, 0.05) is 15.3 Å². The maximum Gasteiger partial charge on any atom is 0.169 e. The second kappa shape index (κ2) is 6.30. The number of carbonyl (C=O) groups is 1. The van der Waals surface area contributed by atoms with E-state index in [0.717, 1.165) is 20.4 Å². The smallest absolute Gasteiger partial charge is 0.169 e. The first-order valence-electron chi connectivity index (χ1n) is 7.47. The van der Waals surface area contributed by atoms with Gasteiger partial charge in [-0.15, -0.1) is 0 Å². The number of rotatable bonds is 4. The highest BCUT2D eigenvalue weighted by Crippen LogP contribution is 2.28. The molecule has 0 atom stereocenters. The lowest BCUT2D eigenvalue weighted by Gasteiger charge is -2.09. The van der Waals surface area contributed by atoms with Crippen molar-refractivity contribution in [2.45, 2.75) is 45.1 Å². The lowest BCUT2D eigenvalue weighted by atomic mass is 10.0. The van der Waals surface area contributed by atoms with Crippen LogP contribution in [0.2, 0.25) is 0 Å². The van der Waals surface area contributed by atoms with Crippen molar-refractivity contribution >= 4 is 28.4 Å². The Hall–Kier alpha value is -1.17. The van der Waals surface area contributed by atoms with Crippen LogP contribution in [0.15, 0.2) is 30.5 Å². The Labute approximate surface area is 138 Å². The summed E-state index contributed by atoms with van der Waals surface area (Å²) < 4.78 is 3.10. The number of carbonyl (C=O) groups excluding carboxylic acids is 1. The van der Waals surface area contributed by atoms with Gasteiger partial charge in [0.1, 0.15) is 0 Å². The van der Waals surface area contributed by atoms with Crippen molar-refractivity contribution in [1.82, 2.24) is 9.78 Å². The maximum atomic E-state index is 12.5. The summed E-state index contributed by atoms with van der Waals surface area (Å²) in [5, 5.41) is 4.60. The van der Waals surface area contributed by atoms with Crippen LogP contribution in [0.1, 0.15) is 53.3 Å². The maximum absolute atomic E-state index is 12.5. The van der Waals surface area contributed by atoms with Gasteiger partial charge in [-0.3, -0.25) is 9.48 Å². The summed E-state index contributed by atoms with van der Waals surface area (Å²) in [6.45, 7) is 2.04. The van der Waals surface area contributed by atoms with Gasteiger partial charge in [0.05, 0.1) is 18.2 Å². The highest BCUT2D eigenvalue weighted by Gasteiger charge is 2.19. The highest BCUT2D eigenvalue weighted by atomic mass is 127. The number of aromatic nitrogens is 2. The molecule has 1 aliphatic carbocycles. The molecule has 0 unspecified atom stereocenters. The second-order valence-electron chi connectivity index (χ2n) is 5.76. The van der Waals surface area contributed by atoms with Gasteiger partial charge in [0.15, 0.2) is 5.78 Å². The van der Waals surface area contributed by atoms with Gasteiger partial charge >= 0.3 is 0 Å². The van der Waals surface area contributed by atoms with Crippen molar-refractivity contribution in [3.05, 3.63) is 50.9 Å². The van der Waals surface area contributed by atoms with E-state index in [-0.39, 0.29) is 5.78 Å². The molecule has 0 spiro atoms. The molecule has 0 saturated heterocycles. The molecule has 21 heavy (non-hydrogen) atoms. The third-order valence-corrected chi connectivity index (χ3v) is 5.63. The van der Waals surface area contributed by atoms with Crippen LogP contribution in [0, 0.1) is 10.5 Å². The average molecular weight is 394 g/mol. The Morgan fingerprint density at radius 1 is 1.33 bits per heavy atom. The number of ketones is 1. The molecule has 1 heterocycles. The van der Waals surface area contributed by atoms with Crippen LogP contribution < -0.4 is 0 Å². The topological polar surface area (TPSA) is 34.9 Å². The zero-order valence-corrected chi connectivity index (χ0v) is 14.3. The Balaban J connectivity index is 1.74. The lowest BCUT2D eigenvalue weighted by molar-refractivity contribution is 0.0990. The molecule has 1 aliphatic rings. The molecule has 1 saturated carbocycles. The van der Waals surface area contributed by atoms with Crippen LogP contribution in [0.3, 0.4) is 0 Å². The Bertz CT molecular complexity index is 657. The van der Waals surface area contributed by atoms with Gasteiger partial charge in [-0.1, -0.05) is 31.0 Å². The molecule has 1 aromatic heterocycles. The fourth-order valence-electron chi connectivity index (χ4n) is 2.97. The van der Waals surface area contributed by atoms with Crippen molar-refractivity contribution in [3.8, 4) is 0 Å². The predicted molar refractivity (Wildman–Crippen MR) is 91.7 cm³/mol. The minimum absolute atomic E-state index is 0.153. The molecule has 3 rings (SSSR count). The molecule has 0 amide bonds. The number of halogens is 1. The average Bonchev–Trinajstić information content (AvgIpc) is 3.12. The Morgan fingerprint density at radius 2 is 2.10 bits per heavy atom. The van der Waals surface area contributed by atoms with E-state index < -0.39 is 0 Å². The molecule has 4 heteroatoms. The number of aryl methyl sites for hydroxylation is 1. The van der Waals surface area contributed by atoms with Crippen molar-refractivity contribution < 1.29 is 4.79 Å². The lowest BCUT2D eigenvalue weighted by Crippen LogP contribution is -2.09. The molecule has 3 nitrogen and oxygen atoms in total. The molecule has 1 aromatic carbocycles. The summed E-state index contributed by atoms with van der Waals surface area (Å²) in [6, 6.07) is 8.41. The molecule has 0 bridgehead atoms. The first kappa shape index (κ1) is 14.8. The van der Waals surface area contributed by atoms with Crippen LogP contribution >= 0.6 is 22.6 Å². The number of hydrogen-bond donors (Lipinski definition) is 0. The molecule has 110 valence electrons. The standard InChI is InChI=1S/C17H19IN2O/c1-12-5-4-8-15(17(12)18)16(21)11-13-9-10-20(19-13)14-6-2-3-7-14/h4-5,8-10,14H,2-3,6-7,11H2,1H3. The second-order valence-corrected chi connectivity index (χ2v) is 6.84. The van der Waals surface area contributed by atoms with Crippen molar-refractivity contribution in [2.75, 3.05) is 0 Å². The van der Waals surface area contributed by atoms with Crippen LogP contribution in [-0.2, 0) is 6.42 Å². The van der Waals surface area contributed by atoms with E-state index in [1.54, 1.807) is 0 Å². The predicted octanol–water partition coefficient (Wildman–Crippen LogP) is 4.34. The highest BCUT2D eigenvalue weighted by molar-refractivity contribution is 14.1. The molecule has 0 radical (unpaired) electrons. The summed E-state index contributed by atoms with van der Waals surface area (Å²) >= 11 is 2.25. The molecular formula is C17H19IN2O. The monoisotopic (exact) mass is 394 g/mol. The van der Waals surface area contributed by atoms with Crippen LogP contribution in [0.25, 0.3) is 0 Å². The largest absolute Gasteiger partial charge is 0.294 e. The van der Waals surface area contributed by atoms with Crippen LogP contribution in [-0.4, -0.2) is 15.6 Å².